The zero-order chi connectivity index (χ0) is 15.7. The summed E-state index contributed by atoms with van der Waals surface area (Å²) in [6.45, 7) is 0.501. The van der Waals surface area contributed by atoms with Crippen molar-refractivity contribution in [1.29, 1.82) is 0 Å². The summed E-state index contributed by atoms with van der Waals surface area (Å²) in [6.07, 6.45) is 5.07. The Morgan fingerprint density at radius 2 is 1.81 bits per heavy atom. The van der Waals surface area contributed by atoms with Crippen LogP contribution in [-0.4, -0.2) is 40.8 Å². The maximum absolute atomic E-state index is 11.7. The molecule has 1 rings (SSSR count). The molecule has 2 atom stereocenters. The summed E-state index contributed by atoms with van der Waals surface area (Å²) < 4.78 is 0. The van der Waals surface area contributed by atoms with Gasteiger partial charge in [-0.2, -0.15) is 0 Å². The predicted octanol–water partition coefficient (Wildman–Crippen LogP) is 1.57. The summed E-state index contributed by atoms with van der Waals surface area (Å²) in [5, 5.41) is 23.0. The smallest absolute Gasteiger partial charge is 0.315 e. The summed E-state index contributed by atoms with van der Waals surface area (Å²) in [5.74, 6) is -1.95. The van der Waals surface area contributed by atoms with Crippen LogP contribution in [0.4, 0.5) is 4.79 Å². The van der Waals surface area contributed by atoms with Gasteiger partial charge in [0.1, 0.15) is 0 Å². The molecule has 0 heterocycles. The minimum atomic E-state index is -0.800. The third-order valence-electron chi connectivity index (χ3n) is 3.71. The zero-order valence-corrected chi connectivity index (χ0v) is 12.1. The molecule has 0 radical (unpaired) electrons. The third kappa shape index (κ3) is 7.53. The fourth-order valence-electron chi connectivity index (χ4n) is 2.56. The van der Waals surface area contributed by atoms with Crippen molar-refractivity contribution in [3.63, 3.8) is 0 Å². The van der Waals surface area contributed by atoms with Crippen LogP contribution in [0.2, 0.25) is 0 Å². The molecule has 1 fully saturated rings. The fourth-order valence-corrected chi connectivity index (χ4v) is 2.56. The lowest BCUT2D eigenvalue weighted by atomic mass is 9.86. The highest BCUT2D eigenvalue weighted by atomic mass is 16.4. The van der Waals surface area contributed by atoms with Crippen LogP contribution in [0.3, 0.4) is 0 Å². The molecular weight excluding hydrogens is 276 g/mol. The highest BCUT2D eigenvalue weighted by Crippen LogP contribution is 2.24. The van der Waals surface area contributed by atoms with Crippen LogP contribution in [0.15, 0.2) is 0 Å². The molecule has 1 aliphatic rings. The number of carboxylic acids is 2. The molecular formula is C14H24N2O5. The Kier molecular flexibility index (Phi) is 7.56. The molecule has 1 saturated carbocycles. The van der Waals surface area contributed by atoms with Crippen LogP contribution in [0, 0.1) is 5.92 Å². The molecule has 0 aromatic carbocycles. The van der Waals surface area contributed by atoms with E-state index in [1.165, 1.54) is 0 Å². The molecule has 0 saturated heterocycles. The number of carbonyl (C=O) groups is 3. The van der Waals surface area contributed by atoms with Gasteiger partial charge in [-0.25, -0.2) is 4.79 Å². The van der Waals surface area contributed by atoms with Gasteiger partial charge in [-0.1, -0.05) is 12.8 Å². The Morgan fingerprint density at radius 1 is 1.05 bits per heavy atom. The lowest BCUT2D eigenvalue weighted by molar-refractivity contribution is -0.143. The van der Waals surface area contributed by atoms with Crippen molar-refractivity contribution in [2.75, 3.05) is 6.54 Å². The standard InChI is InChI=1S/C14H24N2O5/c17-12(18)7-2-1-3-8-15-14(21)16-11-6-4-5-10(9-11)13(19)20/h10-11H,1-9H2,(H,17,18)(H,19,20)(H2,15,16,21). The lowest BCUT2D eigenvalue weighted by Crippen LogP contribution is -2.45. The molecule has 21 heavy (non-hydrogen) atoms. The highest BCUT2D eigenvalue weighted by Gasteiger charge is 2.27. The third-order valence-corrected chi connectivity index (χ3v) is 3.71. The van der Waals surface area contributed by atoms with Crippen molar-refractivity contribution >= 4 is 18.0 Å². The molecule has 7 heteroatoms. The number of amides is 2. The van der Waals surface area contributed by atoms with Gasteiger partial charge >= 0.3 is 18.0 Å². The Bertz CT molecular complexity index is 372. The van der Waals surface area contributed by atoms with Crippen LogP contribution in [0.1, 0.15) is 51.4 Å². The van der Waals surface area contributed by atoms with Crippen LogP contribution >= 0.6 is 0 Å². The summed E-state index contributed by atoms with van der Waals surface area (Å²) in [6, 6.07) is -0.351. The van der Waals surface area contributed by atoms with Crippen molar-refractivity contribution < 1.29 is 24.6 Å². The van der Waals surface area contributed by atoms with E-state index in [-0.39, 0.29) is 24.4 Å². The van der Waals surface area contributed by atoms with Gasteiger partial charge in [0.25, 0.3) is 0 Å². The SMILES string of the molecule is O=C(O)CCCCCNC(=O)NC1CCCC(C(=O)O)C1. The van der Waals surface area contributed by atoms with E-state index in [9.17, 15) is 14.4 Å². The molecule has 0 aromatic rings. The number of hydrogen-bond acceptors (Lipinski definition) is 3. The van der Waals surface area contributed by atoms with Crippen LogP contribution in [0.5, 0.6) is 0 Å². The normalized spacial score (nSPS) is 21.5. The molecule has 4 N–H and O–H groups in total. The van der Waals surface area contributed by atoms with E-state index in [1.807, 2.05) is 0 Å². The average Bonchev–Trinajstić information content (AvgIpc) is 2.42. The second-order valence-electron chi connectivity index (χ2n) is 5.50. The molecule has 0 bridgehead atoms. The molecule has 7 nitrogen and oxygen atoms in total. The minimum absolute atomic E-state index is 0.0770. The second-order valence-corrected chi connectivity index (χ2v) is 5.50. The number of rotatable bonds is 8. The summed E-state index contributed by atoms with van der Waals surface area (Å²) in [7, 11) is 0. The number of hydrogen-bond donors (Lipinski definition) is 4. The molecule has 2 unspecified atom stereocenters. The molecule has 0 aromatic heterocycles. The number of nitrogens with one attached hydrogen (secondary N) is 2. The van der Waals surface area contributed by atoms with Crippen LogP contribution in [-0.2, 0) is 9.59 Å². The predicted molar refractivity (Wildman–Crippen MR) is 76.0 cm³/mol. The number of carbonyl (C=O) groups excluding carboxylic acids is 1. The van der Waals surface area contributed by atoms with Crippen molar-refractivity contribution in [3.05, 3.63) is 0 Å². The van der Waals surface area contributed by atoms with E-state index in [2.05, 4.69) is 10.6 Å². The van der Waals surface area contributed by atoms with Crippen LogP contribution in [0.25, 0.3) is 0 Å². The van der Waals surface area contributed by atoms with E-state index >= 15 is 0 Å². The molecule has 0 spiro atoms. The number of carboxylic acid groups (broad SMARTS) is 2. The van der Waals surface area contributed by atoms with Gasteiger partial charge in [0.2, 0.25) is 0 Å². The van der Waals surface area contributed by atoms with Crippen molar-refractivity contribution in [1.82, 2.24) is 10.6 Å². The van der Waals surface area contributed by atoms with Crippen molar-refractivity contribution in [2.45, 2.75) is 57.4 Å². The van der Waals surface area contributed by atoms with Gasteiger partial charge in [-0.3, -0.25) is 9.59 Å². The Balaban J connectivity index is 2.10. The van der Waals surface area contributed by atoms with Gasteiger partial charge in [0.05, 0.1) is 5.92 Å². The Morgan fingerprint density at radius 3 is 2.48 bits per heavy atom. The first kappa shape index (κ1) is 17.3. The van der Waals surface area contributed by atoms with E-state index < -0.39 is 11.9 Å². The van der Waals surface area contributed by atoms with Gasteiger partial charge in [-0.05, 0) is 32.1 Å². The summed E-state index contributed by atoms with van der Waals surface area (Å²) in [4.78, 5) is 32.9. The maximum Gasteiger partial charge on any atom is 0.315 e. The van der Waals surface area contributed by atoms with Crippen molar-refractivity contribution in [2.24, 2.45) is 5.92 Å². The largest absolute Gasteiger partial charge is 0.481 e. The minimum Gasteiger partial charge on any atom is -0.481 e. The topological polar surface area (TPSA) is 116 Å². The van der Waals surface area contributed by atoms with Crippen LogP contribution < -0.4 is 10.6 Å². The first-order valence-corrected chi connectivity index (χ1v) is 7.48. The molecule has 0 aliphatic heterocycles. The maximum atomic E-state index is 11.7. The van der Waals surface area contributed by atoms with Crippen molar-refractivity contribution in [3.8, 4) is 0 Å². The molecule has 2 amide bonds. The van der Waals surface area contributed by atoms with Gasteiger partial charge in [0, 0.05) is 19.0 Å². The summed E-state index contributed by atoms with van der Waals surface area (Å²) >= 11 is 0. The molecule has 1 aliphatic carbocycles. The van der Waals surface area contributed by atoms with Gasteiger partial charge in [-0.15, -0.1) is 0 Å². The summed E-state index contributed by atoms with van der Waals surface area (Å²) in [5.41, 5.74) is 0. The highest BCUT2D eigenvalue weighted by molar-refractivity contribution is 5.74. The Hall–Kier alpha value is -1.79. The first-order valence-electron chi connectivity index (χ1n) is 7.48. The molecule has 120 valence electrons. The monoisotopic (exact) mass is 300 g/mol. The zero-order valence-electron chi connectivity index (χ0n) is 12.1. The number of urea groups is 1. The van der Waals surface area contributed by atoms with E-state index in [1.54, 1.807) is 0 Å². The van der Waals surface area contributed by atoms with E-state index in [0.29, 0.717) is 25.8 Å². The number of unbranched alkanes of at least 4 members (excludes halogenated alkanes) is 2. The van der Waals surface area contributed by atoms with E-state index in [0.717, 1.165) is 25.7 Å². The first-order chi connectivity index (χ1) is 9.99. The number of aliphatic carboxylic acids is 2. The fraction of sp³-hybridized carbons (Fsp3) is 0.786. The second kappa shape index (κ2) is 9.20. The van der Waals surface area contributed by atoms with Gasteiger partial charge < -0.3 is 20.8 Å². The average molecular weight is 300 g/mol. The van der Waals surface area contributed by atoms with E-state index in [4.69, 9.17) is 10.2 Å². The van der Waals surface area contributed by atoms with Gasteiger partial charge in [0.15, 0.2) is 0 Å². The Labute approximate surface area is 124 Å². The lowest BCUT2D eigenvalue weighted by Gasteiger charge is -2.27. The quantitative estimate of drug-likeness (QED) is 0.508.